The Kier molecular flexibility index (Phi) is 4.84. The van der Waals surface area contributed by atoms with Gasteiger partial charge in [0.15, 0.2) is 0 Å². The van der Waals surface area contributed by atoms with Gasteiger partial charge in [-0.25, -0.2) is 9.78 Å². The molecule has 0 radical (unpaired) electrons. The molecule has 126 valence electrons. The van der Waals surface area contributed by atoms with Crippen LogP contribution in [0.15, 0.2) is 42.6 Å². The van der Waals surface area contributed by atoms with Crippen molar-refractivity contribution >= 4 is 11.8 Å². The van der Waals surface area contributed by atoms with E-state index in [4.69, 9.17) is 9.47 Å². The number of amides is 2. The summed E-state index contributed by atoms with van der Waals surface area (Å²) in [6.07, 6.45) is 3.69. The van der Waals surface area contributed by atoms with E-state index in [9.17, 15) is 4.79 Å². The minimum absolute atomic E-state index is 0.152. The summed E-state index contributed by atoms with van der Waals surface area (Å²) in [5.41, 5.74) is 0.917. The molecule has 6 heteroatoms. The molecule has 1 heterocycles. The number of nitrogens with zero attached hydrogens (tertiary/aromatic N) is 2. The monoisotopic (exact) mass is 327 g/mol. The highest BCUT2D eigenvalue weighted by atomic mass is 16.5. The van der Waals surface area contributed by atoms with Crippen LogP contribution in [0, 0.1) is 0 Å². The molecular weight excluding hydrogens is 306 g/mol. The van der Waals surface area contributed by atoms with Crippen molar-refractivity contribution < 1.29 is 14.3 Å². The van der Waals surface area contributed by atoms with Gasteiger partial charge >= 0.3 is 6.03 Å². The average molecular weight is 327 g/mol. The van der Waals surface area contributed by atoms with Gasteiger partial charge in [-0.05, 0) is 43.2 Å². The van der Waals surface area contributed by atoms with Gasteiger partial charge in [0, 0.05) is 17.8 Å². The van der Waals surface area contributed by atoms with Crippen molar-refractivity contribution in [3.8, 4) is 11.5 Å². The molecule has 6 nitrogen and oxygen atoms in total. The number of carbonyl (C=O) groups is 1. The molecule has 1 aliphatic carbocycles. The van der Waals surface area contributed by atoms with E-state index in [-0.39, 0.29) is 12.1 Å². The third-order valence-corrected chi connectivity index (χ3v) is 3.98. The first-order chi connectivity index (χ1) is 11.7. The maximum atomic E-state index is 12.7. The lowest BCUT2D eigenvalue weighted by Crippen LogP contribution is -2.36. The van der Waals surface area contributed by atoms with Gasteiger partial charge in [0.2, 0.25) is 0 Å². The zero-order valence-electron chi connectivity index (χ0n) is 13.9. The summed E-state index contributed by atoms with van der Waals surface area (Å²) < 4.78 is 10.7. The second-order valence-electron chi connectivity index (χ2n) is 5.68. The second-order valence-corrected chi connectivity index (χ2v) is 5.68. The zero-order valence-corrected chi connectivity index (χ0v) is 13.9. The van der Waals surface area contributed by atoms with Crippen LogP contribution < -0.4 is 14.8 Å². The molecule has 1 aromatic heterocycles. The molecule has 2 aromatic rings. The first-order valence-corrected chi connectivity index (χ1v) is 7.91. The molecule has 0 spiro atoms. The number of ether oxygens (including phenoxy) is 2. The van der Waals surface area contributed by atoms with Crippen molar-refractivity contribution in [3.05, 3.63) is 48.2 Å². The number of rotatable bonds is 6. The van der Waals surface area contributed by atoms with Crippen LogP contribution in [0.4, 0.5) is 10.6 Å². The number of benzene rings is 1. The molecule has 0 bridgehead atoms. The Morgan fingerprint density at radius 1 is 1.25 bits per heavy atom. The van der Waals surface area contributed by atoms with Crippen LogP contribution in [0.2, 0.25) is 0 Å². The minimum atomic E-state index is -0.152. The van der Waals surface area contributed by atoms with E-state index in [2.05, 4.69) is 10.3 Å². The van der Waals surface area contributed by atoms with E-state index >= 15 is 0 Å². The second kappa shape index (κ2) is 7.21. The van der Waals surface area contributed by atoms with E-state index in [1.807, 2.05) is 35.2 Å². The lowest BCUT2D eigenvalue weighted by atomic mass is 10.1. The van der Waals surface area contributed by atoms with E-state index < -0.39 is 0 Å². The molecule has 1 saturated carbocycles. The van der Waals surface area contributed by atoms with Crippen molar-refractivity contribution in [1.29, 1.82) is 0 Å². The lowest BCUT2D eigenvalue weighted by molar-refractivity contribution is 0.205. The van der Waals surface area contributed by atoms with Crippen LogP contribution in [-0.2, 0) is 6.54 Å². The van der Waals surface area contributed by atoms with Crippen molar-refractivity contribution in [2.75, 3.05) is 19.5 Å². The summed E-state index contributed by atoms with van der Waals surface area (Å²) >= 11 is 0. The van der Waals surface area contributed by atoms with Crippen molar-refractivity contribution in [3.63, 3.8) is 0 Å². The zero-order chi connectivity index (χ0) is 16.9. The molecule has 0 saturated heterocycles. The lowest BCUT2D eigenvalue weighted by Gasteiger charge is -2.24. The summed E-state index contributed by atoms with van der Waals surface area (Å²) in [6.45, 7) is 0.462. The number of hydrogen-bond donors (Lipinski definition) is 1. The highest BCUT2D eigenvalue weighted by molar-refractivity contribution is 5.88. The van der Waals surface area contributed by atoms with Crippen LogP contribution in [0.3, 0.4) is 0 Å². The molecule has 1 aliphatic rings. The van der Waals surface area contributed by atoms with Crippen molar-refractivity contribution in [2.45, 2.75) is 25.4 Å². The SMILES string of the molecule is COc1ccc(OC)c(CN(C(=O)Nc2ccccn2)C2CC2)c1. The van der Waals surface area contributed by atoms with Crippen LogP contribution in [0.5, 0.6) is 11.5 Å². The van der Waals surface area contributed by atoms with Gasteiger partial charge in [-0.2, -0.15) is 0 Å². The predicted molar refractivity (Wildman–Crippen MR) is 91.4 cm³/mol. The van der Waals surface area contributed by atoms with Gasteiger partial charge < -0.3 is 14.4 Å². The Morgan fingerprint density at radius 2 is 2.08 bits per heavy atom. The molecule has 1 aromatic carbocycles. The number of urea groups is 1. The van der Waals surface area contributed by atoms with Gasteiger partial charge in [0.25, 0.3) is 0 Å². The standard InChI is InChI=1S/C18H21N3O3/c1-23-15-8-9-16(24-2)13(11-15)12-21(14-6-7-14)18(22)20-17-5-3-4-10-19-17/h3-5,8-11,14H,6-7,12H2,1-2H3,(H,19,20,22). The molecule has 0 unspecified atom stereocenters. The summed E-state index contributed by atoms with van der Waals surface area (Å²) in [4.78, 5) is 18.6. The molecule has 0 aliphatic heterocycles. The minimum Gasteiger partial charge on any atom is -0.497 e. The quantitative estimate of drug-likeness (QED) is 0.884. The van der Waals surface area contributed by atoms with Crippen molar-refractivity contribution in [1.82, 2.24) is 9.88 Å². The van der Waals surface area contributed by atoms with Gasteiger partial charge in [-0.3, -0.25) is 5.32 Å². The Balaban J connectivity index is 1.78. The number of aromatic nitrogens is 1. The molecule has 1 N–H and O–H groups in total. The number of hydrogen-bond acceptors (Lipinski definition) is 4. The topological polar surface area (TPSA) is 63.7 Å². The highest BCUT2D eigenvalue weighted by Crippen LogP contribution is 2.32. The molecule has 24 heavy (non-hydrogen) atoms. The van der Waals surface area contributed by atoms with Crippen molar-refractivity contribution in [2.24, 2.45) is 0 Å². The number of nitrogens with one attached hydrogen (secondary N) is 1. The predicted octanol–water partition coefficient (Wildman–Crippen LogP) is 3.30. The van der Waals surface area contributed by atoms with Gasteiger partial charge in [0.1, 0.15) is 17.3 Å². The molecule has 1 fully saturated rings. The third-order valence-electron chi connectivity index (χ3n) is 3.98. The van der Waals surface area contributed by atoms with Gasteiger partial charge in [0.05, 0.1) is 20.8 Å². The fraction of sp³-hybridized carbons (Fsp3) is 0.333. The fourth-order valence-electron chi connectivity index (χ4n) is 2.56. The fourth-order valence-corrected chi connectivity index (χ4v) is 2.56. The summed E-state index contributed by atoms with van der Waals surface area (Å²) in [6, 6.07) is 11.1. The largest absolute Gasteiger partial charge is 0.497 e. The maximum Gasteiger partial charge on any atom is 0.323 e. The summed E-state index contributed by atoms with van der Waals surface area (Å²) in [7, 11) is 3.25. The molecule has 2 amide bonds. The van der Waals surface area contributed by atoms with Crippen LogP contribution in [-0.4, -0.2) is 36.2 Å². The van der Waals surface area contributed by atoms with E-state index in [1.54, 1.807) is 26.5 Å². The summed E-state index contributed by atoms with van der Waals surface area (Å²) in [5.74, 6) is 2.03. The highest BCUT2D eigenvalue weighted by Gasteiger charge is 2.33. The third kappa shape index (κ3) is 3.76. The van der Waals surface area contributed by atoms with E-state index in [0.717, 1.165) is 29.9 Å². The number of carbonyl (C=O) groups excluding carboxylic acids is 1. The number of anilines is 1. The van der Waals surface area contributed by atoms with Crippen LogP contribution >= 0.6 is 0 Å². The first kappa shape index (κ1) is 16.1. The Morgan fingerprint density at radius 3 is 2.71 bits per heavy atom. The molecular formula is C18H21N3O3. The normalized spacial score (nSPS) is 13.2. The van der Waals surface area contributed by atoms with E-state index in [1.165, 1.54) is 0 Å². The molecule has 3 rings (SSSR count). The number of pyridine rings is 1. The first-order valence-electron chi connectivity index (χ1n) is 7.91. The Hall–Kier alpha value is -2.76. The van der Waals surface area contributed by atoms with Gasteiger partial charge in [-0.15, -0.1) is 0 Å². The Bertz CT molecular complexity index is 702. The number of methoxy groups -OCH3 is 2. The van der Waals surface area contributed by atoms with E-state index in [0.29, 0.717) is 12.4 Å². The summed E-state index contributed by atoms with van der Waals surface area (Å²) in [5, 5.41) is 2.85. The molecule has 0 atom stereocenters. The van der Waals surface area contributed by atoms with Crippen LogP contribution in [0.25, 0.3) is 0 Å². The Labute approximate surface area is 141 Å². The smallest absolute Gasteiger partial charge is 0.323 e. The van der Waals surface area contributed by atoms with Gasteiger partial charge in [-0.1, -0.05) is 6.07 Å². The maximum absolute atomic E-state index is 12.7. The average Bonchev–Trinajstić information content (AvgIpc) is 3.45. The van der Waals surface area contributed by atoms with Crippen LogP contribution in [0.1, 0.15) is 18.4 Å².